The maximum Gasteiger partial charge on any atom is 0.325 e. The average molecular weight is 302 g/mol. The lowest BCUT2D eigenvalue weighted by Gasteiger charge is -2.21. The van der Waals surface area contributed by atoms with Crippen molar-refractivity contribution >= 4 is 23.7 Å². The van der Waals surface area contributed by atoms with Crippen LogP contribution < -0.4 is 21.7 Å². The zero-order chi connectivity index (χ0) is 16.6. The zero-order valence-electron chi connectivity index (χ0n) is 12.3. The summed E-state index contributed by atoms with van der Waals surface area (Å²) in [6.45, 7) is 4.15. The highest BCUT2D eigenvalue weighted by Crippen LogP contribution is 2.01. The number of carboxylic acids is 1. The van der Waals surface area contributed by atoms with Crippen LogP contribution in [0, 0.1) is 5.92 Å². The highest BCUT2D eigenvalue weighted by molar-refractivity contribution is 5.91. The Morgan fingerprint density at radius 2 is 1.62 bits per heavy atom. The van der Waals surface area contributed by atoms with Gasteiger partial charge < -0.3 is 26.8 Å². The molecule has 9 heteroatoms. The zero-order valence-corrected chi connectivity index (χ0v) is 12.3. The third-order valence-corrected chi connectivity index (χ3v) is 2.62. The van der Waals surface area contributed by atoms with Gasteiger partial charge in [-0.3, -0.25) is 19.2 Å². The predicted molar refractivity (Wildman–Crippen MR) is 74.1 cm³/mol. The van der Waals surface area contributed by atoms with Crippen molar-refractivity contribution < 1.29 is 24.3 Å². The molecule has 21 heavy (non-hydrogen) atoms. The van der Waals surface area contributed by atoms with Gasteiger partial charge in [0.15, 0.2) is 0 Å². The average Bonchev–Trinajstić information content (AvgIpc) is 2.41. The first kappa shape index (κ1) is 18.8. The van der Waals surface area contributed by atoms with Crippen LogP contribution in [0.1, 0.15) is 20.8 Å². The number of nitrogens with two attached hydrogens (primary N) is 1. The van der Waals surface area contributed by atoms with Gasteiger partial charge in [0.1, 0.15) is 12.1 Å². The number of hydrogen-bond donors (Lipinski definition) is 5. The highest BCUT2D eigenvalue weighted by Gasteiger charge is 2.24. The van der Waals surface area contributed by atoms with Crippen LogP contribution in [-0.2, 0) is 19.2 Å². The lowest BCUT2D eigenvalue weighted by Crippen LogP contribution is -2.53. The van der Waals surface area contributed by atoms with Crippen molar-refractivity contribution in [1.82, 2.24) is 16.0 Å². The summed E-state index contributed by atoms with van der Waals surface area (Å²) < 4.78 is 0. The maximum atomic E-state index is 11.9. The Balaban J connectivity index is 4.40. The van der Waals surface area contributed by atoms with Gasteiger partial charge in [0.2, 0.25) is 17.7 Å². The molecule has 0 radical (unpaired) electrons. The first-order valence-corrected chi connectivity index (χ1v) is 6.48. The topological polar surface area (TPSA) is 151 Å². The summed E-state index contributed by atoms with van der Waals surface area (Å²) in [6, 6.07) is -1.86. The second-order valence-corrected chi connectivity index (χ2v) is 4.84. The van der Waals surface area contributed by atoms with E-state index in [4.69, 9.17) is 10.8 Å². The number of aliphatic carboxylic acids is 1. The molecular weight excluding hydrogens is 280 g/mol. The number of amides is 3. The molecule has 0 aliphatic rings. The minimum absolute atomic E-state index is 0.193. The fourth-order valence-electron chi connectivity index (χ4n) is 1.40. The van der Waals surface area contributed by atoms with E-state index in [1.807, 2.05) is 0 Å². The molecule has 120 valence electrons. The maximum absolute atomic E-state index is 11.9. The van der Waals surface area contributed by atoms with E-state index in [0.717, 1.165) is 0 Å². The van der Waals surface area contributed by atoms with Crippen molar-refractivity contribution in [2.45, 2.75) is 32.9 Å². The van der Waals surface area contributed by atoms with Gasteiger partial charge in [-0.2, -0.15) is 0 Å². The molecule has 0 aliphatic heterocycles. The van der Waals surface area contributed by atoms with Gasteiger partial charge in [0.05, 0.1) is 13.1 Å². The molecule has 0 aliphatic carbocycles. The normalized spacial score (nSPS) is 13.2. The SMILES string of the molecule is CC(C)[C@H](NC(=O)CN)C(=O)NCC(=O)N[C@@H](C)C(=O)O. The van der Waals surface area contributed by atoms with E-state index in [1.165, 1.54) is 6.92 Å². The van der Waals surface area contributed by atoms with Crippen LogP contribution in [0.5, 0.6) is 0 Å². The number of carbonyl (C=O) groups excluding carboxylic acids is 3. The Hall–Kier alpha value is -2.16. The van der Waals surface area contributed by atoms with E-state index in [2.05, 4.69) is 16.0 Å². The molecule has 2 atom stereocenters. The van der Waals surface area contributed by atoms with Gasteiger partial charge >= 0.3 is 5.97 Å². The highest BCUT2D eigenvalue weighted by atomic mass is 16.4. The standard InChI is InChI=1S/C12H22N4O5/c1-6(2)10(16-8(17)4-13)11(19)14-5-9(18)15-7(3)12(20)21/h6-7,10H,4-5,13H2,1-3H3,(H,14,19)(H,15,18)(H,16,17)(H,20,21)/t7-,10-/m0/s1. The molecule has 0 spiro atoms. The molecule has 9 nitrogen and oxygen atoms in total. The van der Waals surface area contributed by atoms with Gasteiger partial charge in [-0.1, -0.05) is 13.8 Å². The largest absolute Gasteiger partial charge is 0.480 e. The Labute approximate surface area is 122 Å². The summed E-state index contributed by atoms with van der Waals surface area (Å²) in [7, 11) is 0. The molecule has 0 bridgehead atoms. The van der Waals surface area contributed by atoms with Crippen LogP contribution in [-0.4, -0.2) is 54.0 Å². The van der Waals surface area contributed by atoms with E-state index in [0.29, 0.717) is 0 Å². The van der Waals surface area contributed by atoms with Crippen LogP contribution in [0.2, 0.25) is 0 Å². The molecule has 0 saturated carbocycles. The van der Waals surface area contributed by atoms with Crippen LogP contribution in [0.15, 0.2) is 0 Å². The van der Waals surface area contributed by atoms with E-state index in [-0.39, 0.29) is 19.0 Å². The molecular formula is C12H22N4O5. The Morgan fingerprint density at radius 3 is 2.05 bits per heavy atom. The molecule has 0 heterocycles. The summed E-state index contributed by atoms with van der Waals surface area (Å²) in [5, 5.41) is 15.6. The smallest absolute Gasteiger partial charge is 0.325 e. The number of rotatable bonds is 8. The summed E-state index contributed by atoms with van der Waals surface area (Å²) in [5.41, 5.74) is 5.16. The number of hydrogen-bond acceptors (Lipinski definition) is 5. The van der Waals surface area contributed by atoms with Crippen molar-refractivity contribution in [2.24, 2.45) is 11.7 Å². The van der Waals surface area contributed by atoms with E-state index >= 15 is 0 Å². The second-order valence-electron chi connectivity index (χ2n) is 4.84. The third kappa shape index (κ3) is 7.25. The van der Waals surface area contributed by atoms with Gasteiger partial charge in [0.25, 0.3) is 0 Å². The van der Waals surface area contributed by atoms with Gasteiger partial charge in [0, 0.05) is 0 Å². The van der Waals surface area contributed by atoms with Crippen LogP contribution >= 0.6 is 0 Å². The summed E-state index contributed by atoms with van der Waals surface area (Å²) in [5.74, 6) is -3.02. The molecule has 0 fully saturated rings. The quantitative estimate of drug-likeness (QED) is 0.343. The van der Waals surface area contributed by atoms with Crippen LogP contribution in [0.4, 0.5) is 0 Å². The van der Waals surface area contributed by atoms with E-state index in [1.54, 1.807) is 13.8 Å². The van der Waals surface area contributed by atoms with Crippen molar-refractivity contribution in [2.75, 3.05) is 13.1 Å². The predicted octanol–water partition coefficient (Wildman–Crippen LogP) is -2.21. The van der Waals surface area contributed by atoms with Crippen LogP contribution in [0.25, 0.3) is 0 Å². The molecule has 0 saturated heterocycles. The number of carbonyl (C=O) groups is 4. The monoisotopic (exact) mass is 302 g/mol. The molecule has 0 aromatic rings. The lowest BCUT2D eigenvalue weighted by molar-refractivity contribution is -0.141. The van der Waals surface area contributed by atoms with Gasteiger partial charge in [-0.25, -0.2) is 0 Å². The second kappa shape index (κ2) is 8.90. The first-order valence-electron chi connectivity index (χ1n) is 6.48. The molecule has 0 unspecified atom stereocenters. The Bertz CT molecular complexity index is 410. The van der Waals surface area contributed by atoms with E-state index < -0.39 is 35.8 Å². The van der Waals surface area contributed by atoms with Crippen molar-refractivity contribution in [3.8, 4) is 0 Å². The van der Waals surface area contributed by atoms with E-state index in [9.17, 15) is 19.2 Å². The summed E-state index contributed by atoms with van der Waals surface area (Å²) in [4.78, 5) is 45.1. The fraction of sp³-hybridized carbons (Fsp3) is 0.667. The summed E-state index contributed by atoms with van der Waals surface area (Å²) >= 11 is 0. The van der Waals surface area contributed by atoms with Crippen LogP contribution in [0.3, 0.4) is 0 Å². The summed E-state index contributed by atoms with van der Waals surface area (Å²) in [6.07, 6.45) is 0. The Morgan fingerprint density at radius 1 is 1.05 bits per heavy atom. The van der Waals surface area contributed by atoms with Gasteiger partial charge in [-0.05, 0) is 12.8 Å². The van der Waals surface area contributed by atoms with Crippen molar-refractivity contribution in [3.63, 3.8) is 0 Å². The molecule has 0 aromatic carbocycles. The molecule has 3 amide bonds. The first-order chi connectivity index (χ1) is 9.68. The minimum Gasteiger partial charge on any atom is -0.480 e. The lowest BCUT2D eigenvalue weighted by atomic mass is 10.0. The third-order valence-electron chi connectivity index (χ3n) is 2.62. The fourth-order valence-corrected chi connectivity index (χ4v) is 1.40. The Kier molecular flexibility index (Phi) is 7.99. The molecule has 0 aromatic heterocycles. The van der Waals surface area contributed by atoms with Gasteiger partial charge in [-0.15, -0.1) is 0 Å². The number of carboxylic acid groups (broad SMARTS) is 1. The number of nitrogens with one attached hydrogen (secondary N) is 3. The molecule has 0 rings (SSSR count). The molecule has 6 N–H and O–H groups in total. The minimum atomic E-state index is -1.18. The van der Waals surface area contributed by atoms with Crippen molar-refractivity contribution in [1.29, 1.82) is 0 Å². The van der Waals surface area contributed by atoms with Crippen molar-refractivity contribution in [3.05, 3.63) is 0 Å².